The maximum Gasteiger partial charge on any atom is 0.243 e. The fraction of sp³-hybridized carbons (Fsp3) is 0.647. The minimum atomic E-state index is -3.34. The number of nitrogens with zero attached hydrogens (tertiary/aromatic N) is 2. The molecule has 0 aromatic heterocycles. The number of sulfonamides is 1. The molecule has 0 unspecified atom stereocenters. The highest BCUT2D eigenvalue weighted by atomic mass is 32.2. The summed E-state index contributed by atoms with van der Waals surface area (Å²) in [4.78, 5) is 2.81. The van der Waals surface area contributed by atoms with E-state index in [4.69, 9.17) is 0 Å². The van der Waals surface area contributed by atoms with Gasteiger partial charge in [0.05, 0.1) is 4.90 Å². The van der Waals surface area contributed by atoms with E-state index in [1.54, 1.807) is 10.4 Å². The van der Waals surface area contributed by atoms with Gasteiger partial charge in [0.15, 0.2) is 0 Å². The molecule has 1 aliphatic carbocycles. The number of rotatable bonds is 3. The average Bonchev–Trinajstić information content (AvgIpc) is 2.54. The van der Waals surface area contributed by atoms with Crippen molar-refractivity contribution in [1.82, 2.24) is 9.21 Å². The lowest BCUT2D eigenvalue weighted by atomic mass is 9.92. The van der Waals surface area contributed by atoms with Crippen LogP contribution in [0.15, 0.2) is 23.1 Å². The Morgan fingerprint density at radius 2 is 1.59 bits per heavy atom. The predicted molar refractivity (Wildman–Crippen MR) is 88.6 cm³/mol. The molecule has 0 spiro atoms. The molecule has 2 aliphatic rings. The Labute approximate surface area is 134 Å². The van der Waals surface area contributed by atoms with E-state index in [0.29, 0.717) is 24.0 Å². The standard InChI is InChI=1S/C17H26N2O2S/c1-14(2)18-9-11-19(12-10-18)22(20,21)17-8-7-15-5-3-4-6-16(15)13-17/h7-8,13-14H,3-6,9-12H2,1-2H3. The Kier molecular flexibility index (Phi) is 4.57. The first-order valence-corrected chi connectivity index (χ1v) is 9.78. The highest BCUT2D eigenvalue weighted by molar-refractivity contribution is 7.89. The van der Waals surface area contributed by atoms with E-state index in [0.717, 1.165) is 25.9 Å². The Hall–Kier alpha value is -0.910. The van der Waals surface area contributed by atoms with Crippen molar-refractivity contribution < 1.29 is 8.42 Å². The Bertz CT molecular complexity index is 632. The Morgan fingerprint density at radius 3 is 2.23 bits per heavy atom. The molecule has 3 rings (SSSR count). The first-order chi connectivity index (χ1) is 10.5. The van der Waals surface area contributed by atoms with E-state index in [1.807, 2.05) is 12.1 Å². The van der Waals surface area contributed by atoms with Gasteiger partial charge in [-0.1, -0.05) is 6.07 Å². The second-order valence-electron chi connectivity index (χ2n) is 6.67. The van der Waals surface area contributed by atoms with E-state index in [2.05, 4.69) is 18.7 Å². The molecule has 1 aliphatic heterocycles. The van der Waals surface area contributed by atoms with Crippen LogP contribution in [-0.2, 0) is 22.9 Å². The molecule has 0 radical (unpaired) electrons. The second-order valence-corrected chi connectivity index (χ2v) is 8.61. The molecule has 0 saturated carbocycles. The summed E-state index contributed by atoms with van der Waals surface area (Å²) >= 11 is 0. The van der Waals surface area contributed by atoms with Crippen LogP contribution in [0.25, 0.3) is 0 Å². The molecule has 1 aromatic rings. The van der Waals surface area contributed by atoms with Gasteiger partial charge in [0, 0.05) is 32.2 Å². The van der Waals surface area contributed by atoms with E-state index >= 15 is 0 Å². The number of benzene rings is 1. The zero-order valence-corrected chi connectivity index (χ0v) is 14.4. The van der Waals surface area contributed by atoms with Crippen LogP contribution in [0.2, 0.25) is 0 Å². The molecule has 4 nitrogen and oxygen atoms in total. The molecule has 1 fully saturated rings. The van der Waals surface area contributed by atoms with Gasteiger partial charge in [0.25, 0.3) is 0 Å². The molecular formula is C17H26N2O2S. The lowest BCUT2D eigenvalue weighted by Crippen LogP contribution is -2.50. The van der Waals surface area contributed by atoms with Crippen LogP contribution >= 0.6 is 0 Å². The molecule has 0 amide bonds. The topological polar surface area (TPSA) is 40.6 Å². The summed E-state index contributed by atoms with van der Waals surface area (Å²) in [6.45, 7) is 7.15. The van der Waals surface area contributed by atoms with Crippen molar-refractivity contribution in [3.8, 4) is 0 Å². The number of aryl methyl sites for hydroxylation is 2. The summed E-state index contributed by atoms with van der Waals surface area (Å²) in [6.07, 6.45) is 4.49. The molecule has 22 heavy (non-hydrogen) atoms. The van der Waals surface area contributed by atoms with Crippen molar-refractivity contribution in [2.75, 3.05) is 26.2 Å². The third-order valence-corrected chi connectivity index (χ3v) is 6.86. The fourth-order valence-corrected chi connectivity index (χ4v) is 4.95. The van der Waals surface area contributed by atoms with Crippen molar-refractivity contribution >= 4 is 10.0 Å². The molecule has 1 heterocycles. The average molecular weight is 322 g/mol. The number of hydrogen-bond acceptors (Lipinski definition) is 3. The molecule has 1 saturated heterocycles. The van der Waals surface area contributed by atoms with Gasteiger partial charge in [-0.3, -0.25) is 4.90 Å². The highest BCUT2D eigenvalue weighted by Crippen LogP contribution is 2.26. The van der Waals surface area contributed by atoms with Gasteiger partial charge in [0.1, 0.15) is 0 Å². The zero-order chi connectivity index (χ0) is 15.7. The van der Waals surface area contributed by atoms with E-state index in [-0.39, 0.29) is 0 Å². The molecule has 0 bridgehead atoms. The third kappa shape index (κ3) is 3.07. The first-order valence-electron chi connectivity index (χ1n) is 8.34. The number of hydrogen-bond donors (Lipinski definition) is 0. The van der Waals surface area contributed by atoms with Gasteiger partial charge >= 0.3 is 0 Å². The monoisotopic (exact) mass is 322 g/mol. The first kappa shape index (κ1) is 16.0. The molecular weight excluding hydrogens is 296 g/mol. The van der Waals surface area contributed by atoms with Crippen molar-refractivity contribution in [1.29, 1.82) is 0 Å². The zero-order valence-electron chi connectivity index (χ0n) is 13.6. The quantitative estimate of drug-likeness (QED) is 0.857. The minimum Gasteiger partial charge on any atom is -0.298 e. The van der Waals surface area contributed by atoms with Crippen LogP contribution in [-0.4, -0.2) is 49.8 Å². The van der Waals surface area contributed by atoms with Crippen LogP contribution in [0.4, 0.5) is 0 Å². The maximum absolute atomic E-state index is 12.9. The Balaban J connectivity index is 1.79. The maximum atomic E-state index is 12.9. The summed E-state index contributed by atoms with van der Waals surface area (Å²) in [5.74, 6) is 0. The number of piperazine rings is 1. The predicted octanol–water partition coefficient (Wildman–Crippen LogP) is 2.28. The van der Waals surface area contributed by atoms with Crippen LogP contribution in [0.1, 0.15) is 37.8 Å². The van der Waals surface area contributed by atoms with Gasteiger partial charge in [-0.15, -0.1) is 0 Å². The summed E-state index contributed by atoms with van der Waals surface area (Å²) in [6, 6.07) is 6.22. The van der Waals surface area contributed by atoms with E-state index in [9.17, 15) is 8.42 Å². The SMILES string of the molecule is CC(C)N1CCN(S(=O)(=O)c2ccc3c(c2)CCCC3)CC1. The van der Waals surface area contributed by atoms with Crippen LogP contribution in [0, 0.1) is 0 Å². The van der Waals surface area contributed by atoms with Crippen LogP contribution in [0.5, 0.6) is 0 Å². The van der Waals surface area contributed by atoms with Gasteiger partial charge < -0.3 is 0 Å². The minimum absolute atomic E-state index is 0.478. The Morgan fingerprint density at radius 1 is 0.955 bits per heavy atom. The van der Waals surface area contributed by atoms with Gasteiger partial charge in [-0.25, -0.2) is 8.42 Å². The smallest absolute Gasteiger partial charge is 0.243 e. The van der Waals surface area contributed by atoms with Crippen LogP contribution < -0.4 is 0 Å². The summed E-state index contributed by atoms with van der Waals surface area (Å²) in [5, 5.41) is 0. The van der Waals surface area contributed by atoms with Gasteiger partial charge in [0.2, 0.25) is 10.0 Å². The molecule has 122 valence electrons. The molecule has 0 atom stereocenters. The fourth-order valence-electron chi connectivity index (χ4n) is 3.48. The van der Waals surface area contributed by atoms with Crippen molar-refractivity contribution in [3.05, 3.63) is 29.3 Å². The second kappa shape index (κ2) is 6.30. The third-order valence-electron chi connectivity index (χ3n) is 4.96. The lowest BCUT2D eigenvalue weighted by molar-refractivity contribution is 0.154. The largest absolute Gasteiger partial charge is 0.298 e. The van der Waals surface area contributed by atoms with Gasteiger partial charge in [-0.2, -0.15) is 4.31 Å². The highest BCUT2D eigenvalue weighted by Gasteiger charge is 2.29. The number of fused-ring (bicyclic) bond motifs is 1. The van der Waals surface area contributed by atoms with Crippen molar-refractivity contribution in [2.45, 2.75) is 50.5 Å². The molecule has 1 aromatic carbocycles. The van der Waals surface area contributed by atoms with Gasteiger partial charge in [-0.05, 0) is 62.8 Å². The lowest BCUT2D eigenvalue weighted by Gasteiger charge is -2.36. The van der Waals surface area contributed by atoms with Crippen LogP contribution in [0.3, 0.4) is 0 Å². The van der Waals surface area contributed by atoms with Crippen molar-refractivity contribution in [2.24, 2.45) is 0 Å². The van der Waals surface area contributed by atoms with Crippen molar-refractivity contribution in [3.63, 3.8) is 0 Å². The summed E-state index contributed by atoms with van der Waals surface area (Å²) in [7, 11) is -3.34. The summed E-state index contributed by atoms with van der Waals surface area (Å²) in [5.41, 5.74) is 2.56. The molecule has 5 heteroatoms. The van der Waals surface area contributed by atoms with E-state index in [1.165, 1.54) is 24.0 Å². The van der Waals surface area contributed by atoms with E-state index < -0.39 is 10.0 Å². The summed E-state index contributed by atoms with van der Waals surface area (Å²) < 4.78 is 27.4. The molecule has 0 N–H and O–H groups in total. The normalized spacial score (nSPS) is 21.0.